The van der Waals surface area contributed by atoms with Gasteiger partial charge in [-0.1, -0.05) is 63.2 Å². The summed E-state index contributed by atoms with van der Waals surface area (Å²) in [7, 11) is 0. The van der Waals surface area contributed by atoms with E-state index in [1.807, 2.05) is 51.1 Å². The molecule has 0 bridgehead atoms. The van der Waals surface area contributed by atoms with Crippen molar-refractivity contribution in [2.24, 2.45) is 5.41 Å². The minimum absolute atomic E-state index is 0.280. The zero-order chi connectivity index (χ0) is 24.0. The van der Waals surface area contributed by atoms with E-state index in [1.165, 1.54) is 4.90 Å². The summed E-state index contributed by atoms with van der Waals surface area (Å²) in [5.74, 6) is -0.751. The standard InChI is InChI=1S/C26H29NO6S/c1-26(2,3)25-31-14-18-20(33-25)21(30-13-15-9-5-4-6-10-15)19(24(34)32-18)27-22(28)16-11-7-8-12-17(16)23(27)29/h4-12,18-21,24-25,34H,13-14H2,1-3H3/t18-,19-,20+,21-,24+,25?/m1/s1. The summed E-state index contributed by atoms with van der Waals surface area (Å²) in [4.78, 5) is 27.9. The lowest BCUT2D eigenvalue weighted by Crippen LogP contribution is -2.68. The summed E-state index contributed by atoms with van der Waals surface area (Å²) < 4.78 is 24.9. The van der Waals surface area contributed by atoms with Crippen LogP contribution in [0.2, 0.25) is 0 Å². The van der Waals surface area contributed by atoms with E-state index in [2.05, 4.69) is 12.6 Å². The van der Waals surface area contributed by atoms with Gasteiger partial charge in [-0.2, -0.15) is 0 Å². The Balaban J connectivity index is 1.49. The van der Waals surface area contributed by atoms with E-state index in [0.717, 1.165) is 5.56 Å². The van der Waals surface area contributed by atoms with Crippen LogP contribution in [0.25, 0.3) is 0 Å². The summed E-state index contributed by atoms with van der Waals surface area (Å²) in [5, 5.41) is 0. The molecule has 34 heavy (non-hydrogen) atoms. The number of fused-ring (bicyclic) bond motifs is 2. The van der Waals surface area contributed by atoms with Crippen molar-refractivity contribution < 1.29 is 28.5 Å². The first-order chi connectivity index (χ1) is 16.3. The predicted octanol–water partition coefficient (Wildman–Crippen LogP) is 3.68. The van der Waals surface area contributed by atoms with Crippen molar-refractivity contribution in [3.05, 3.63) is 71.3 Å². The van der Waals surface area contributed by atoms with Crippen molar-refractivity contribution >= 4 is 24.4 Å². The summed E-state index contributed by atoms with van der Waals surface area (Å²) in [6.07, 6.45) is -2.12. The van der Waals surface area contributed by atoms with E-state index in [0.29, 0.717) is 24.3 Å². The van der Waals surface area contributed by atoms with E-state index >= 15 is 0 Å². The molecule has 7 nitrogen and oxygen atoms in total. The van der Waals surface area contributed by atoms with Crippen molar-refractivity contribution in [2.45, 2.75) is 63.5 Å². The Labute approximate surface area is 204 Å². The van der Waals surface area contributed by atoms with Crippen LogP contribution in [-0.4, -0.2) is 59.4 Å². The number of imide groups is 1. The maximum absolute atomic E-state index is 13.3. The normalized spacial score (nSPS) is 31.4. The average Bonchev–Trinajstić information content (AvgIpc) is 3.07. The molecule has 2 aromatic rings. The lowest BCUT2D eigenvalue weighted by atomic mass is 9.91. The van der Waals surface area contributed by atoms with Crippen molar-refractivity contribution in [2.75, 3.05) is 6.61 Å². The molecule has 0 aromatic heterocycles. The van der Waals surface area contributed by atoms with Gasteiger partial charge in [0.25, 0.3) is 11.8 Å². The Morgan fingerprint density at radius 3 is 2.21 bits per heavy atom. The van der Waals surface area contributed by atoms with Gasteiger partial charge in [0, 0.05) is 5.41 Å². The second-order valence-corrected chi connectivity index (χ2v) is 10.5. The molecule has 3 aliphatic rings. The van der Waals surface area contributed by atoms with E-state index in [4.69, 9.17) is 18.9 Å². The molecular weight excluding hydrogens is 454 g/mol. The fraction of sp³-hybridized carbons (Fsp3) is 0.462. The number of amides is 2. The van der Waals surface area contributed by atoms with Crippen LogP contribution in [0.3, 0.4) is 0 Å². The van der Waals surface area contributed by atoms with Gasteiger partial charge in [-0.25, -0.2) is 0 Å². The first-order valence-electron chi connectivity index (χ1n) is 11.5. The van der Waals surface area contributed by atoms with E-state index in [-0.39, 0.29) is 17.2 Å². The first kappa shape index (κ1) is 23.5. The first-order valence-corrected chi connectivity index (χ1v) is 12.0. The maximum Gasteiger partial charge on any atom is 0.262 e. The van der Waals surface area contributed by atoms with Gasteiger partial charge in [0.2, 0.25) is 0 Å². The van der Waals surface area contributed by atoms with Crippen molar-refractivity contribution in [1.29, 1.82) is 0 Å². The summed E-state index contributed by atoms with van der Waals surface area (Å²) >= 11 is 4.67. The van der Waals surface area contributed by atoms with Crippen molar-refractivity contribution in [3.63, 3.8) is 0 Å². The molecule has 2 aromatic carbocycles. The van der Waals surface area contributed by atoms with Crippen LogP contribution >= 0.6 is 12.6 Å². The zero-order valence-corrected chi connectivity index (χ0v) is 20.3. The second-order valence-electron chi connectivity index (χ2n) is 9.97. The molecule has 0 aliphatic carbocycles. The molecule has 8 heteroatoms. The molecule has 2 saturated heterocycles. The molecule has 0 N–H and O–H groups in total. The Hall–Kier alpha value is -2.23. The number of carbonyl (C=O) groups excluding carboxylic acids is 2. The molecule has 180 valence electrons. The van der Waals surface area contributed by atoms with Gasteiger partial charge < -0.3 is 18.9 Å². The fourth-order valence-corrected chi connectivity index (χ4v) is 5.20. The minimum Gasteiger partial charge on any atom is -0.368 e. The topological polar surface area (TPSA) is 74.3 Å². The smallest absolute Gasteiger partial charge is 0.262 e. The largest absolute Gasteiger partial charge is 0.368 e. The highest BCUT2D eigenvalue weighted by Gasteiger charge is 2.56. The quantitative estimate of drug-likeness (QED) is 0.528. The SMILES string of the molecule is CC(C)(C)C1OC[C@H]2O[C@@H](S)[C@H](N3C(=O)c4ccccc4C3=O)[C@@H](OCc3ccccc3)[C@H]2O1. The van der Waals surface area contributed by atoms with E-state index < -0.39 is 36.1 Å². The predicted molar refractivity (Wildman–Crippen MR) is 127 cm³/mol. The molecular formula is C26H29NO6S. The third-order valence-electron chi connectivity index (χ3n) is 6.44. The lowest BCUT2D eigenvalue weighted by molar-refractivity contribution is -0.333. The van der Waals surface area contributed by atoms with Crippen LogP contribution in [0.5, 0.6) is 0 Å². The third kappa shape index (κ3) is 4.18. The highest BCUT2D eigenvalue weighted by Crippen LogP contribution is 2.40. The number of thiol groups is 1. The van der Waals surface area contributed by atoms with Crippen molar-refractivity contribution in [3.8, 4) is 0 Å². The van der Waals surface area contributed by atoms with E-state index in [9.17, 15) is 9.59 Å². The van der Waals surface area contributed by atoms with Crippen molar-refractivity contribution in [1.82, 2.24) is 4.90 Å². The Bertz CT molecular complexity index is 1040. The molecule has 2 amide bonds. The van der Waals surface area contributed by atoms with Crippen LogP contribution in [0, 0.1) is 5.41 Å². The van der Waals surface area contributed by atoms with Gasteiger partial charge in [0.05, 0.1) is 24.3 Å². The molecule has 3 heterocycles. The summed E-state index contributed by atoms with van der Waals surface area (Å²) in [6, 6.07) is 15.8. The van der Waals surface area contributed by atoms with Gasteiger partial charge in [0.1, 0.15) is 29.8 Å². The summed E-state index contributed by atoms with van der Waals surface area (Å²) in [5.41, 5.74) is 0.678. The van der Waals surface area contributed by atoms with Gasteiger partial charge in [-0.3, -0.25) is 14.5 Å². The lowest BCUT2D eigenvalue weighted by Gasteiger charge is -2.51. The molecule has 0 saturated carbocycles. The molecule has 1 unspecified atom stereocenters. The number of hydrogen-bond donors (Lipinski definition) is 1. The van der Waals surface area contributed by atoms with Gasteiger partial charge in [-0.15, -0.1) is 12.6 Å². The second kappa shape index (κ2) is 9.09. The minimum atomic E-state index is -0.778. The van der Waals surface area contributed by atoms with E-state index in [1.54, 1.807) is 24.3 Å². The van der Waals surface area contributed by atoms with Gasteiger partial charge in [-0.05, 0) is 17.7 Å². The number of nitrogens with zero attached hydrogens (tertiary/aromatic N) is 1. The Morgan fingerprint density at radius 1 is 0.971 bits per heavy atom. The van der Waals surface area contributed by atoms with Gasteiger partial charge >= 0.3 is 0 Å². The van der Waals surface area contributed by atoms with Crippen LogP contribution in [0.1, 0.15) is 47.1 Å². The van der Waals surface area contributed by atoms with Crippen LogP contribution in [-0.2, 0) is 25.6 Å². The molecule has 3 aliphatic heterocycles. The molecule has 5 rings (SSSR count). The van der Waals surface area contributed by atoms with Gasteiger partial charge in [0.15, 0.2) is 6.29 Å². The Kier molecular flexibility index (Phi) is 6.29. The molecule has 6 atom stereocenters. The number of ether oxygens (including phenoxy) is 4. The monoisotopic (exact) mass is 483 g/mol. The third-order valence-corrected chi connectivity index (χ3v) is 6.87. The number of rotatable bonds is 4. The van der Waals surface area contributed by atoms with Crippen LogP contribution in [0.15, 0.2) is 54.6 Å². The highest BCUT2D eigenvalue weighted by molar-refractivity contribution is 7.80. The molecule has 0 spiro atoms. The average molecular weight is 484 g/mol. The highest BCUT2D eigenvalue weighted by atomic mass is 32.1. The zero-order valence-electron chi connectivity index (χ0n) is 19.4. The van der Waals surface area contributed by atoms with Crippen LogP contribution in [0.4, 0.5) is 0 Å². The number of carbonyl (C=O) groups is 2. The summed E-state index contributed by atoms with van der Waals surface area (Å²) in [6.45, 7) is 6.70. The molecule has 0 radical (unpaired) electrons. The van der Waals surface area contributed by atoms with Crippen LogP contribution < -0.4 is 0 Å². The Morgan fingerprint density at radius 2 is 1.59 bits per heavy atom. The number of hydrogen-bond acceptors (Lipinski definition) is 7. The maximum atomic E-state index is 13.3. The number of benzene rings is 2. The molecule has 2 fully saturated rings. The fourth-order valence-electron chi connectivity index (χ4n) is 4.74.